The highest BCUT2D eigenvalue weighted by Crippen LogP contribution is 2.26. The fourth-order valence-corrected chi connectivity index (χ4v) is 2.37. The first-order chi connectivity index (χ1) is 10.1. The Kier molecular flexibility index (Phi) is 8.92. The van der Waals surface area contributed by atoms with E-state index in [4.69, 9.17) is 21.1 Å². The summed E-state index contributed by atoms with van der Waals surface area (Å²) in [4.78, 5) is 14.3. The van der Waals surface area contributed by atoms with Crippen molar-refractivity contribution in [2.75, 3.05) is 39.5 Å². The van der Waals surface area contributed by atoms with Crippen LogP contribution in [0.15, 0.2) is 22.7 Å². The molecule has 0 aromatic heterocycles. The Balaban J connectivity index is 2.79. The lowest BCUT2D eigenvalue weighted by Gasteiger charge is -2.23. The molecule has 0 fully saturated rings. The van der Waals surface area contributed by atoms with Crippen molar-refractivity contribution in [3.05, 3.63) is 33.3 Å². The van der Waals surface area contributed by atoms with E-state index >= 15 is 0 Å². The molecule has 0 radical (unpaired) electrons. The molecule has 0 N–H and O–H groups in total. The monoisotopic (exact) mass is 377 g/mol. The summed E-state index contributed by atoms with van der Waals surface area (Å²) in [6, 6.07) is 5.33. The summed E-state index contributed by atoms with van der Waals surface area (Å²) in [6.45, 7) is 7.15. The van der Waals surface area contributed by atoms with Crippen LogP contribution in [0.1, 0.15) is 24.2 Å². The van der Waals surface area contributed by atoms with E-state index in [2.05, 4.69) is 15.9 Å². The highest BCUT2D eigenvalue weighted by molar-refractivity contribution is 9.10. The molecule has 0 atom stereocenters. The number of hydrogen-bond acceptors (Lipinski definition) is 3. The molecule has 0 spiro atoms. The zero-order valence-electron chi connectivity index (χ0n) is 12.4. The van der Waals surface area contributed by atoms with Gasteiger partial charge in [-0.15, -0.1) is 0 Å². The van der Waals surface area contributed by atoms with Gasteiger partial charge < -0.3 is 14.4 Å². The average molecular weight is 379 g/mol. The topological polar surface area (TPSA) is 38.8 Å². The van der Waals surface area contributed by atoms with Crippen molar-refractivity contribution in [3.8, 4) is 0 Å². The van der Waals surface area contributed by atoms with E-state index in [1.165, 1.54) is 0 Å². The summed E-state index contributed by atoms with van der Waals surface area (Å²) in [7, 11) is 0. The summed E-state index contributed by atoms with van der Waals surface area (Å²) >= 11 is 9.54. The van der Waals surface area contributed by atoms with Crippen molar-refractivity contribution in [3.63, 3.8) is 0 Å². The molecule has 21 heavy (non-hydrogen) atoms. The maximum Gasteiger partial charge on any atom is 0.255 e. The number of hydrogen-bond donors (Lipinski definition) is 0. The fraction of sp³-hybridized carbons (Fsp3) is 0.533. The SMILES string of the molecule is CCOCCN(CCOCC)C(=O)c1cccc(Br)c1Cl. The molecule has 0 saturated heterocycles. The standard InChI is InChI=1S/C15H21BrClNO3/c1-3-20-10-8-18(9-11-21-4-2)15(19)12-6-5-7-13(16)14(12)17/h5-7H,3-4,8-11H2,1-2H3. The van der Waals surface area contributed by atoms with Crippen LogP contribution in [0.5, 0.6) is 0 Å². The highest BCUT2D eigenvalue weighted by Gasteiger charge is 2.19. The third-order valence-corrected chi connectivity index (χ3v) is 4.18. The second kappa shape index (κ2) is 10.2. The molecule has 0 bridgehead atoms. The van der Waals surface area contributed by atoms with Gasteiger partial charge in [0, 0.05) is 30.8 Å². The minimum Gasteiger partial charge on any atom is -0.380 e. The highest BCUT2D eigenvalue weighted by atomic mass is 79.9. The van der Waals surface area contributed by atoms with Crippen LogP contribution in [0, 0.1) is 0 Å². The van der Waals surface area contributed by atoms with Crippen molar-refractivity contribution >= 4 is 33.4 Å². The van der Waals surface area contributed by atoms with Gasteiger partial charge >= 0.3 is 0 Å². The zero-order valence-corrected chi connectivity index (χ0v) is 14.7. The molecular weight excluding hydrogens is 358 g/mol. The van der Waals surface area contributed by atoms with Gasteiger partial charge in [-0.2, -0.15) is 0 Å². The van der Waals surface area contributed by atoms with E-state index in [9.17, 15) is 4.79 Å². The predicted octanol–water partition coefficient (Wildman–Crippen LogP) is 3.62. The van der Waals surface area contributed by atoms with Crippen LogP contribution in [-0.2, 0) is 9.47 Å². The summed E-state index contributed by atoms with van der Waals surface area (Å²) in [6.07, 6.45) is 0. The number of nitrogens with zero attached hydrogens (tertiary/aromatic N) is 1. The number of amides is 1. The van der Waals surface area contributed by atoms with Crippen LogP contribution >= 0.6 is 27.5 Å². The Bertz CT molecular complexity index is 447. The summed E-state index contributed by atoms with van der Waals surface area (Å²) in [5, 5.41) is 0.431. The molecule has 0 heterocycles. The number of halogens is 2. The van der Waals surface area contributed by atoms with Gasteiger partial charge in [0.25, 0.3) is 5.91 Å². The molecule has 1 rings (SSSR count). The number of ether oxygens (including phenoxy) is 2. The van der Waals surface area contributed by atoms with E-state index < -0.39 is 0 Å². The molecule has 4 nitrogen and oxygen atoms in total. The van der Waals surface area contributed by atoms with Crippen LogP contribution in [0.25, 0.3) is 0 Å². The smallest absolute Gasteiger partial charge is 0.255 e. The average Bonchev–Trinajstić information content (AvgIpc) is 2.48. The quantitative estimate of drug-likeness (QED) is 0.616. The molecule has 118 valence electrons. The maximum atomic E-state index is 12.6. The second-order valence-electron chi connectivity index (χ2n) is 4.29. The van der Waals surface area contributed by atoms with E-state index in [-0.39, 0.29) is 5.91 Å². The Morgan fingerprint density at radius 2 is 1.76 bits per heavy atom. The molecule has 6 heteroatoms. The third kappa shape index (κ3) is 5.94. The van der Waals surface area contributed by atoms with Gasteiger partial charge in [0.2, 0.25) is 0 Å². The summed E-state index contributed by atoms with van der Waals surface area (Å²) < 4.78 is 11.4. The van der Waals surface area contributed by atoms with Crippen LogP contribution in [0.2, 0.25) is 5.02 Å². The van der Waals surface area contributed by atoms with Crippen LogP contribution in [0.4, 0.5) is 0 Å². The summed E-state index contributed by atoms with van der Waals surface area (Å²) in [5.41, 5.74) is 0.485. The Hall–Kier alpha value is -0.620. The van der Waals surface area contributed by atoms with Crippen molar-refractivity contribution in [1.29, 1.82) is 0 Å². The van der Waals surface area contributed by atoms with Gasteiger partial charge in [0.1, 0.15) is 0 Å². The Labute approximate surface area is 139 Å². The van der Waals surface area contributed by atoms with Gasteiger partial charge in [-0.25, -0.2) is 0 Å². The molecular formula is C15H21BrClNO3. The number of carbonyl (C=O) groups is 1. The van der Waals surface area contributed by atoms with Gasteiger partial charge in [-0.1, -0.05) is 17.7 Å². The Morgan fingerprint density at radius 3 is 2.29 bits per heavy atom. The molecule has 0 aliphatic carbocycles. The van der Waals surface area contributed by atoms with E-state index in [1.54, 1.807) is 17.0 Å². The molecule has 0 unspecified atom stereocenters. The predicted molar refractivity (Wildman–Crippen MR) is 88.0 cm³/mol. The molecule has 1 aromatic rings. The third-order valence-electron chi connectivity index (χ3n) is 2.89. The van der Waals surface area contributed by atoms with Crippen LogP contribution in [-0.4, -0.2) is 50.3 Å². The number of carbonyl (C=O) groups excluding carboxylic acids is 1. The van der Waals surface area contributed by atoms with Gasteiger partial charge in [-0.05, 0) is 41.9 Å². The van der Waals surface area contributed by atoms with Crippen LogP contribution in [0.3, 0.4) is 0 Å². The van der Waals surface area contributed by atoms with E-state index in [1.807, 2.05) is 19.9 Å². The largest absolute Gasteiger partial charge is 0.380 e. The second-order valence-corrected chi connectivity index (χ2v) is 5.52. The zero-order chi connectivity index (χ0) is 15.7. The number of benzene rings is 1. The van der Waals surface area contributed by atoms with Crippen molar-refractivity contribution in [2.45, 2.75) is 13.8 Å². The minimum absolute atomic E-state index is 0.110. The molecule has 0 aliphatic heterocycles. The van der Waals surface area contributed by atoms with Gasteiger partial charge in [0.05, 0.1) is 23.8 Å². The normalized spacial score (nSPS) is 10.7. The van der Waals surface area contributed by atoms with Crippen LogP contribution < -0.4 is 0 Å². The minimum atomic E-state index is -0.110. The van der Waals surface area contributed by atoms with Gasteiger partial charge in [0.15, 0.2) is 0 Å². The summed E-state index contributed by atoms with van der Waals surface area (Å²) in [5.74, 6) is -0.110. The first-order valence-electron chi connectivity index (χ1n) is 7.00. The van der Waals surface area contributed by atoms with E-state index in [0.29, 0.717) is 54.6 Å². The van der Waals surface area contributed by atoms with Crippen molar-refractivity contribution in [1.82, 2.24) is 4.90 Å². The van der Waals surface area contributed by atoms with Crippen molar-refractivity contribution < 1.29 is 14.3 Å². The molecule has 1 amide bonds. The first-order valence-corrected chi connectivity index (χ1v) is 8.17. The van der Waals surface area contributed by atoms with Crippen molar-refractivity contribution in [2.24, 2.45) is 0 Å². The maximum absolute atomic E-state index is 12.6. The molecule has 0 saturated carbocycles. The van der Waals surface area contributed by atoms with E-state index in [0.717, 1.165) is 0 Å². The lowest BCUT2D eigenvalue weighted by molar-refractivity contribution is 0.0550. The Morgan fingerprint density at radius 1 is 1.19 bits per heavy atom. The van der Waals surface area contributed by atoms with Gasteiger partial charge in [-0.3, -0.25) is 4.79 Å². The fourth-order valence-electron chi connectivity index (χ4n) is 1.79. The number of rotatable bonds is 9. The molecule has 1 aromatic carbocycles. The first kappa shape index (κ1) is 18.4. The lowest BCUT2D eigenvalue weighted by Crippen LogP contribution is -2.37. The molecule has 0 aliphatic rings. The lowest BCUT2D eigenvalue weighted by atomic mass is 10.2.